The van der Waals surface area contributed by atoms with Gasteiger partial charge in [0, 0.05) is 12.5 Å². The van der Waals surface area contributed by atoms with Crippen molar-refractivity contribution in [3.8, 4) is 0 Å². The van der Waals surface area contributed by atoms with Gasteiger partial charge in [-0.2, -0.15) is 0 Å². The summed E-state index contributed by atoms with van der Waals surface area (Å²) >= 11 is -2.04. The summed E-state index contributed by atoms with van der Waals surface area (Å²) in [4.78, 5) is 0. The van der Waals surface area contributed by atoms with E-state index in [1.54, 1.807) is 0 Å². The average molecular weight is 223 g/mol. The van der Waals surface area contributed by atoms with E-state index in [2.05, 4.69) is 4.72 Å². The third kappa shape index (κ3) is 2.74. The Morgan fingerprint density at radius 2 is 1.93 bits per heavy atom. The van der Waals surface area contributed by atoms with Gasteiger partial charge in [-0.1, -0.05) is 13.3 Å². The zero-order chi connectivity index (χ0) is 10.7. The number of aliphatic hydroxyl groups excluding tert-OH is 2. The number of nitrogens with one attached hydrogen (secondary N) is 1. The molecule has 4 N–H and O–H groups in total. The molecule has 1 rings (SSSR count). The lowest BCUT2D eigenvalue weighted by atomic mass is 10.0. The van der Waals surface area contributed by atoms with Gasteiger partial charge < -0.3 is 10.2 Å². The molecule has 5 nitrogen and oxygen atoms in total. The Bertz CT molecular complexity index is 214. The van der Waals surface area contributed by atoms with Crippen molar-refractivity contribution in [1.29, 1.82) is 0 Å². The summed E-state index contributed by atoms with van der Waals surface area (Å²) in [6, 6.07) is 0. The van der Waals surface area contributed by atoms with Gasteiger partial charge in [-0.15, -0.1) is 0 Å². The fourth-order valence-electron chi connectivity index (χ4n) is 2.02. The van der Waals surface area contributed by atoms with Crippen molar-refractivity contribution in [2.24, 2.45) is 11.8 Å². The quantitative estimate of drug-likeness (QED) is 0.483. The van der Waals surface area contributed by atoms with Crippen molar-refractivity contribution in [1.82, 2.24) is 4.72 Å². The normalized spacial score (nSPS) is 40.0. The lowest BCUT2D eigenvalue weighted by molar-refractivity contribution is 0.00434. The van der Waals surface area contributed by atoms with Crippen LogP contribution in [0.25, 0.3) is 0 Å². The number of hydrogen-bond donors (Lipinski definition) is 4. The van der Waals surface area contributed by atoms with Gasteiger partial charge in [-0.05, 0) is 12.3 Å². The van der Waals surface area contributed by atoms with E-state index in [9.17, 15) is 14.4 Å². The Labute approximate surface area is 85.9 Å². The van der Waals surface area contributed by atoms with Crippen LogP contribution >= 0.6 is 0 Å². The molecule has 0 saturated heterocycles. The van der Waals surface area contributed by atoms with Gasteiger partial charge in [0.05, 0.1) is 12.2 Å². The van der Waals surface area contributed by atoms with E-state index in [0.717, 1.165) is 6.42 Å². The SMILES string of the molecule is CCC1CC(CNS(=O)O)C(O)C1O. The third-order valence-corrected chi connectivity index (χ3v) is 3.33. The first-order chi connectivity index (χ1) is 6.56. The van der Waals surface area contributed by atoms with Crippen LogP contribution in [-0.2, 0) is 11.3 Å². The molecule has 0 aromatic carbocycles. The van der Waals surface area contributed by atoms with Crippen LogP contribution in [0, 0.1) is 11.8 Å². The van der Waals surface area contributed by atoms with Crippen molar-refractivity contribution in [2.75, 3.05) is 6.54 Å². The zero-order valence-electron chi connectivity index (χ0n) is 8.09. The molecule has 1 saturated carbocycles. The van der Waals surface area contributed by atoms with E-state index >= 15 is 0 Å². The van der Waals surface area contributed by atoms with Crippen LogP contribution in [0.1, 0.15) is 19.8 Å². The van der Waals surface area contributed by atoms with Gasteiger partial charge in [0.1, 0.15) is 0 Å². The number of aliphatic hydroxyl groups is 2. The van der Waals surface area contributed by atoms with E-state index in [0.29, 0.717) is 6.42 Å². The smallest absolute Gasteiger partial charge is 0.231 e. The fourth-order valence-corrected chi connectivity index (χ4v) is 2.37. The van der Waals surface area contributed by atoms with Crippen LogP contribution in [0.2, 0.25) is 0 Å². The molecule has 0 spiro atoms. The molecule has 0 aromatic heterocycles. The van der Waals surface area contributed by atoms with Crippen molar-refractivity contribution in [3.63, 3.8) is 0 Å². The minimum Gasteiger partial charge on any atom is -0.390 e. The van der Waals surface area contributed by atoms with Crippen LogP contribution in [0.5, 0.6) is 0 Å². The Hall–Kier alpha value is -0.0100. The molecule has 6 heteroatoms. The summed E-state index contributed by atoms with van der Waals surface area (Å²) in [5.41, 5.74) is 0. The monoisotopic (exact) mass is 223 g/mol. The summed E-state index contributed by atoms with van der Waals surface area (Å²) in [5, 5.41) is 19.2. The Balaban J connectivity index is 2.44. The van der Waals surface area contributed by atoms with Crippen molar-refractivity contribution < 1.29 is 19.0 Å². The van der Waals surface area contributed by atoms with Gasteiger partial charge in [-0.25, -0.2) is 8.93 Å². The van der Waals surface area contributed by atoms with Gasteiger partial charge in [-0.3, -0.25) is 4.55 Å². The maximum atomic E-state index is 10.4. The maximum Gasteiger partial charge on any atom is 0.231 e. The van der Waals surface area contributed by atoms with Crippen LogP contribution in [0.3, 0.4) is 0 Å². The number of rotatable bonds is 4. The fraction of sp³-hybridized carbons (Fsp3) is 1.00. The highest BCUT2D eigenvalue weighted by atomic mass is 32.2. The first kappa shape index (κ1) is 12.1. The lowest BCUT2D eigenvalue weighted by Gasteiger charge is -2.16. The molecule has 0 heterocycles. The predicted octanol–water partition coefficient (Wildman–Crippen LogP) is -0.519. The second-order valence-electron chi connectivity index (χ2n) is 3.74. The third-order valence-electron chi connectivity index (χ3n) is 2.91. The van der Waals surface area contributed by atoms with E-state index in [1.165, 1.54) is 0 Å². The van der Waals surface area contributed by atoms with Gasteiger partial charge in [0.2, 0.25) is 11.3 Å². The van der Waals surface area contributed by atoms with E-state index in [-0.39, 0.29) is 18.4 Å². The highest BCUT2D eigenvalue weighted by molar-refractivity contribution is 7.77. The highest BCUT2D eigenvalue weighted by Crippen LogP contribution is 2.33. The molecular weight excluding hydrogens is 206 g/mol. The molecule has 1 fully saturated rings. The topological polar surface area (TPSA) is 89.8 Å². The number of hydrogen-bond acceptors (Lipinski definition) is 3. The van der Waals surface area contributed by atoms with Crippen LogP contribution in [0.15, 0.2) is 0 Å². The molecule has 0 bridgehead atoms. The molecule has 5 atom stereocenters. The van der Waals surface area contributed by atoms with Crippen molar-refractivity contribution >= 4 is 11.3 Å². The van der Waals surface area contributed by atoms with Gasteiger partial charge in [0.15, 0.2) is 0 Å². The summed E-state index contributed by atoms with van der Waals surface area (Å²) in [5.74, 6) is -0.0324. The van der Waals surface area contributed by atoms with Crippen LogP contribution < -0.4 is 4.72 Å². The average Bonchev–Trinajstić information content (AvgIpc) is 2.41. The highest BCUT2D eigenvalue weighted by Gasteiger charge is 2.40. The van der Waals surface area contributed by atoms with E-state index in [4.69, 9.17) is 4.55 Å². The summed E-state index contributed by atoms with van der Waals surface area (Å²) in [6.07, 6.45) is 0.0369. The van der Waals surface area contributed by atoms with Gasteiger partial charge in [0.25, 0.3) is 0 Å². The van der Waals surface area contributed by atoms with E-state index in [1.807, 2.05) is 6.92 Å². The second kappa shape index (κ2) is 5.18. The molecule has 0 aliphatic heterocycles. The molecule has 0 amide bonds. The standard InChI is InChI=1S/C8H17NO4S/c1-2-5-3-6(4-9-14(12)13)8(11)7(5)10/h5-11H,2-4H2,1H3,(H,12,13). The van der Waals surface area contributed by atoms with Crippen LogP contribution in [0.4, 0.5) is 0 Å². The lowest BCUT2D eigenvalue weighted by Crippen LogP contribution is -2.33. The summed E-state index contributed by atoms with van der Waals surface area (Å²) in [7, 11) is 0. The molecule has 1 aliphatic carbocycles. The first-order valence-electron chi connectivity index (χ1n) is 4.76. The molecular formula is C8H17NO4S. The first-order valence-corrected chi connectivity index (χ1v) is 5.87. The molecule has 0 aromatic rings. The second-order valence-corrected chi connectivity index (χ2v) is 4.53. The molecule has 0 radical (unpaired) electrons. The van der Waals surface area contributed by atoms with Crippen LogP contribution in [-0.4, -0.2) is 37.7 Å². The predicted molar refractivity (Wildman–Crippen MR) is 52.7 cm³/mol. The Morgan fingerprint density at radius 3 is 2.36 bits per heavy atom. The minimum absolute atomic E-state index is 0.101. The minimum atomic E-state index is -2.04. The van der Waals surface area contributed by atoms with Crippen molar-refractivity contribution in [3.05, 3.63) is 0 Å². The molecule has 84 valence electrons. The molecule has 14 heavy (non-hydrogen) atoms. The van der Waals surface area contributed by atoms with E-state index < -0.39 is 23.5 Å². The molecule has 5 unspecified atom stereocenters. The zero-order valence-corrected chi connectivity index (χ0v) is 8.91. The summed E-state index contributed by atoms with van der Waals surface area (Å²) in [6.45, 7) is 2.22. The summed E-state index contributed by atoms with van der Waals surface area (Å²) < 4.78 is 21.2. The maximum absolute atomic E-state index is 10.4. The largest absolute Gasteiger partial charge is 0.390 e. The van der Waals surface area contributed by atoms with Gasteiger partial charge >= 0.3 is 0 Å². The molecule has 1 aliphatic rings. The van der Waals surface area contributed by atoms with Crippen molar-refractivity contribution in [2.45, 2.75) is 32.0 Å². The Kier molecular flexibility index (Phi) is 4.46. The Morgan fingerprint density at radius 1 is 1.36 bits per heavy atom.